The fourth-order valence-corrected chi connectivity index (χ4v) is 5.77. The van der Waals surface area contributed by atoms with E-state index in [-0.39, 0.29) is 17.9 Å². The van der Waals surface area contributed by atoms with Crippen molar-refractivity contribution in [3.8, 4) is 27.4 Å². The molecule has 0 unspecified atom stereocenters. The van der Waals surface area contributed by atoms with Crippen molar-refractivity contribution in [3.05, 3.63) is 64.2 Å². The molecule has 0 radical (unpaired) electrons. The van der Waals surface area contributed by atoms with Crippen LogP contribution in [0.1, 0.15) is 34.0 Å². The quantitative estimate of drug-likeness (QED) is 0.239. The summed E-state index contributed by atoms with van der Waals surface area (Å²) in [5.41, 5.74) is 2.21. The molecule has 7 nitrogen and oxygen atoms in total. The summed E-state index contributed by atoms with van der Waals surface area (Å²) in [6.07, 6.45) is 3.78. The number of aromatic nitrogens is 2. The maximum atomic E-state index is 14.8. The predicted octanol–water partition coefficient (Wildman–Crippen LogP) is 6.44. The van der Waals surface area contributed by atoms with E-state index >= 15 is 0 Å². The van der Waals surface area contributed by atoms with Crippen molar-refractivity contribution in [2.24, 2.45) is 0 Å². The zero-order chi connectivity index (χ0) is 25.2. The number of benzene rings is 1. The average Bonchev–Trinajstić information content (AvgIpc) is 3.38. The number of halogens is 1. The molecule has 1 N–H and O–H groups in total. The van der Waals surface area contributed by atoms with Crippen molar-refractivity contribution in [1.29, 1.82) is 0 Å². The molecule has 186 valence electrons. The monoisotopic (exact) mass is 525 g/mol. The van der Waals surface area contributed by atoms with E-state index in [0.29, 0.717) is 34.7 Å². The number of pyridine rings is 1. The van der Waals surface area contributed by atoms with Gasteiger partial charge in [-0.25, -0.2) is 19.2 Å². The van der Waals surface area contributed by atoms with E-state index in [2.05, 4.69) is 4.98 Å². The minimum absolute atomic E-state index is 0.0942. The zero-order valence-electron chi connectivity index (χ0n) is 19.7. The molecule has 0 bridgehead atoms. The standard InChI is InChI=1S/C26H24FN3O4S2/c1-30(24-18(25(31)32)12-17(14-28-24)21-4-3-11-35-21)26-29-22(23(36-26)15-5-6-15)16-7-8-20(19(27)13-16)34-10-9-33-2/h3-4,7-8,11-15H,5-6,9-10H2,1-2H3,(H,31,32). The van der Waals surface area contributed by atoms with Gasteiger partial charge in [0.15, 0.2) is 16.7 Å². The topological polar surface area (TPSA) is 84.8 Å². The van der Waals surface area contributed by atoms with E-state index in [4.69, 9.17) is 14.5 Å². The number of nitrogens with zero attached hydrogens (tertiary/aromatic N) is 3. The van der Waals surface area contributed by atoms with Crippen LogP contribution in [0.2, 0.25) is 0 Å². The fourth-order valence-electron chi connectivity index (χ4n) is 3.84. The Morgan fingerprint density at radius 3 is 2.72 bits per heavy atom. The van der Waals surface area contributed by atoms with Gasteiger partial charge in [0.2, 0.25) is 0 Å². The van der Waals surface area contributed by atoms with Gasteiger partial charge in [0.25, 0.3) is 0 Å². The number of carbonyl (C=O) groups is 1. The van der Waals surface area contributed by atoms with Crippen LogP contribution >= 0.6 is 22.7 Å². The van der Waals surface area contributed by atoms with E-state index in [9.17, 15) is 14.3 Å². The molecular formula is C26H24FN3O4S2. The Morgan fingerprint density at radius 2 is 2.06 bits per heavy atom. The maximum absolute atomic E-state index is 14.8. The second-order valence-corrected chi connectivity index (χ2v) is 10.4. The number of carboxylic acid groups (broad SMARTS) is 1. The van der Waals surface area contributed by atoms with Gasteiger partial charge in [0, 0.05) is 41.2 Å². The average molecular weight is 526 g/mol. The molecule has 1 fully saturated rings. The summed E-state index contributed by atoms with van der Waals surface area (Å²) < 4.78 is 25.2. The van der Waals surface area contributed by atoms with Gasteiger partial charge in [-0.1, -0.05) is 6.07 Å². The van der Waals surface area contributed by atoms with E-state index in [1.807, 2.05) is 17.5 Å². The number of thiophene rings is 1. The molecule has 10 heteroatoms. The molecule has 3 aromatic heterocycles. The highest BCUT2D eigenvalue weighted by Crippen LogP contribution is 2.49. The number of anilines is 2. The van der Waals surface area contributed by atoms with Crippen LogP contribution < -0.4 is 9.64 Å². The highest BCUT2D eigenvalue weighted by Gasteiger charge is 2.32. The second-order valence-electron chi connectivity index (χ2n) is 8.41. The summed E-state index contributed by atoms with van der Waals surface area (Å²) in [5, 5.41) is 12.5. The van der Waals surface area contributed by atoms with Crippen LogP contribution in [0.25, 0.3) is 21.7 Å². The summed E-state index contributed by atoms with van der Waals surface area (Å²) in [6, 6.07) is 10.3. The smallest absolute Gasteiger partial charge is 0.339 e. The van der Waals surface area contributed by atoms with Gasteiger partial charge in [-0.2, -0.15) is 0 Å². The Kier molecular flexibility index (Phi) is 6.99. The molecule has 0 spiro atoms. The summed E-state index contributed by atoms with van der Waals surface area (Å²) >= 11 is 3.02. The fraction of sp³-hybridized carbons (Fsp3) is 0.269. The Hall–Kier alpha value is -3.34. The molecule has 0 atom stereocenters. The van der Waals surface area contributed by atoms with Crippen molar-refractivity contribution in [2.75, 3.05) is 32.3 Å². The molecule has 3 heterocycles. The normalized spacial score (nSPS) is 13.1. The molecule has 1 aliphatic rings. The molecule has 0 amide bonds. The zero-order valence-corrected chi connectivity index (χ0v) is 21.4. The summed E-state index contributed by atoms with van der Waals surface area (Å²) in [5.74, 6) is -0.690. The predicted molar refractivity (Wildman–Crippen MR) is 139 cm³/mol. The number of carboxylic acids is 1. The SMILES string of the molecule is COCCOc1ccc(-c2nc(N(C)c3ncc(-c4cccs4)cc3C(=O)O)sc2C2CC2)cc1F. The summed E-state index contributed by atoms with van der Waals surface area (Å²) in [6.45, 7) is 0.630. The highest BCUT2D eigenvalue weighted by molar-refractivity contribution is 7.16. The first-order valence-corrected chi connectivity index (χ1v) is 13.1. The van der Waals surface area contributed by atoms with Crippen LogP contribution in [0.3, 0.4) is 0 Å². The molecule has 36 heavy (non-hydrogen) atoms. The van der Waals surface area contributed by atoms with Crippen LogP contribution in [0.15, 0.2) is 48.0 Å². The summed E-state index contributed by atoms with van der Waals surface area (Å²) in [7, 11) is 3.32. The van der Waals surface area contributed by atoms with Crippen LogP contribution in [-0.2, 0) is 4.74 Å². The van der Waals surface area contributed by atoms with Crippen molar-refractivity contribution >= 4 is 39.6 Å². The van der Waals surface area contributed by atoms with Crippen LogP contribution in [-0.4, -0.2) is 48.4 Å². The summed E-state index contributed by atoms with van der Waals surface area (Å²) in [4.78, 5) is 25.1. The first-order chi connectivity index (χ1) is 17.5. The van der Waals surface area contributed by atoms with Crippen molar-refractivity contribution < 1.29 is 23.8 Å². The van der Waals surface area contributed by atoms with Gasteiger partial charge in [0.1, 0.15) is 18.0 Å². The number of rotatable bonds is 10. The van der Waals surface area contributed by atoms with Gasteiger partial charge in [-0.05, 0) is 54.5 Å². The Morgan fingerprint density at radius 1 is 1.22 bits per heavy atom. The minimum Gasteiger partial charge on any atom is -0.488 e. The van der Waals surface area contributed by atoms with E-state index in [0.717, 1.165) is 28.2 Å². The molecule has 5 rings (SSSR count). The third-order valence-electron chi connectivity index (χ3n) is 5.85. The number of ether oxygens (including phenoxy) is 2. The van der Waals surface area contributed by atoms with E-state index in [1.54, 1.807) is 43.5 Å². The van der Waals surface area contributed by atoms with E-state index in [1.165, 1.54) is 28.7 Å². The molecule has 1 aromatic carbocycles. The lowest BCUT2D eigenvalue weighted by Gasteiger charge is -2.17. The molecular weight excluding hydrogens is 501 g/mol. The lowest BCUT2D eigenvalue weighted by Crippen LogP contribution is -2.15. The first-order valence-electron chi connectivity index (χ1n) is 11.4. The molecule has 0 aliphatic heterocycles. The largest absolute Gasteiger partial charge is 0.488 e. The van der Waals surface area contributed by atoms with Gasteiger partial charge in [-0.15, -0.1) is 22.7 Å². The number of hydrogen-bond donors (Lipinski definition) is 1. The number of hydrogen-bond acceptors (Lipinski definition) is 8. The first kappa shape index (κ1) is 24.4. The molecule has 1 saturated carbocycles. The lowest BCUT2D eigenvalue weighted by atomic mass is 10.1. The van der Waals surface area contributed by atoms with Gasteiger partial charge in [-0.3, -0.25) is 0 Å². The third-order valence-corrected chi connectivity index (χ3v) is 8.06. The Bertz CT molecular complexity index is 1390. The number of methoxy groups -OCH3 is 1. The minimum atomic E-state index is -1.06. The Labute approximate surface area is 215 Å². The molecule has 1 aliphatic carbocycles. The van der Waals surface area contributed by atoms with Crippen molar-refractivity contribution in [1.82, 2.24) is 9.97 Å². The third kappa shape index (κ3) is 4.97. The van der Waals surface area contributed by atoms with Gasteiger partial charge >= 0.3 is 5.97 Å². The van der Waals surface area contributed by atoms with Crippen molar-refractivity contribution in [2.45, 2.75) is 18.8 Å². The van der Waals surface area contributed by atoms with Crippen molar-refractivity contribution in [3.63, 3.8) is 0 Å². The van der Waals surface area contributed by atoms with Crippen LogP contribution in [0.5, 0.6) is 5.75 Å². The van der Waals surface area contributed by atoms with Gasteiger partial charge < -0.3 is 19.5 Å². The van der Waals surface area contributed by atoms with Gasteiger partial charge in [0.05, 0.1) is 12.3 Å². The van der Waals surface area contributed by atoms with Crippen LogP contribution in [0, 0.1) is 5.82 Å². The van der Waals surface area contributed by atoms with Crippen LogP contribution in [0.4, 0.5) is 15.3 Å². The maximum Gasteiger partial charge on any atom is 0.339 e. The highest BCUT2D eigenvalue weighted by atomic mass is 32.1. The Balaban J connectivity index is 1.48. The number of thiazole rings is 1. The molecule has 4 aromatic rings. The molecule has 0 saturated heterocycles. The number of aromatic carboxylic acids is 1. The second kappa shape index (κ2) is 10.3. The van der Waals surface area contributed by atoms with E-state index < -0.39 is 11.8 Å². The lowest BCUT2D eigenvalue weighted by molar-refractivity contribution is 0.0697.